The highest BCUT2D eigenvalue weighted by Gasteiger charge is 2.29. The molecule has 1 aromatic heterocycles. The van der Waals surface area contributed by atoms with Crippen molar-refractivity contribution in [3.63, 3.8) is 0 Å². The first-order valence-electron chi connectivity index (χ1n) is 10.5. The molecule has 1 aliphatic heterocycles. The van der Waals surface area contributed by atoms with Crippen molar-refractivity contribution in [1.82, 2.24) is 9.88 Å². The Hall–Kier alpha value is -3.86. The van der Waals surface area contributed by atoms with E-state index in [0.29, 0.717) is 0 Å². The van der Waals surface area contributed by atoms with Gasteiger partial charge in [0.2, 0.25) is 0 Å². The van der Waals surface area contributed by atoms with Crippen LogP contribution in [0.2, 0.25) is 0 Å². The van der Waals surface area contributed by atoms with Crippen LogP contribution in [0.3, 0.4) is 0 Å². The Balaban J connectivity index is 1.45. The highest BCUT2D eigenvalue weighted by molar-refractivity contribution is 5.85. The van der Waals surface area contributed by atoms with E-state index in [1.165, 1.54) is 27.7 Å². The van der Waals surface area contributed by atoms with Crippen LogP contribution in [-0.4, -0.2) is 21.4 Å². The molecule has 0 saturated heterocycles. The summed E-state index contributed by atoms with van der Waals surface area (Å²) in [6.07, 6.45) is 6.04. The molecule has 0 saturated carbocycles. The van der Waals surface area contributed by atoms with Crippen LogP contribution in [0.4, 0.5) is 5.69 Å². The molecule has 4 aromatic rings. The summed E-state index contributed by atoms with van der Waals surface area (Å²) >= 11 is 0. The van der Waals surface area contributed by atoms with Crippen LogP contribution < -0.4 is 0 Å². The van der Waals surface area contributed by atoms with Gasteiger partial charge in [0, 0.05) is 35.3 Å². The standard InChI is InChI=1S/C26H23N3O2/c30-29(31)21-14-12-19(13-15-21)7-6-17-28-18-16-23-22-10-4-5-11-24(22)27-25(23)26(28)20-8-2-1-3-9-20/h1-6,8-15,17,26-27H,7,16,18H2. The van der Waals surface area contributed by atoms with E-state index >= 15 is 0 Å². The van der Waals surface area contributed by atoms with Crippen LogP contribution in [-0.2, 0) is 12.8 Å². The Morgan fingerprint density at radius 2 is 1.74 bits per heavy atom. The third kappa shape index (κ3) is 3.70. The van der Waals surface area contributed by atoms with Gasteiger partial charge in [-0.25, -0.2) is 0 Å². The minimum atomic E-state index is -0.365. The largest absolute Gasteiger partial charge is 0.365 e. The number of fused-ring (bicyclic) bond motifs is 3. The summed E-state index contributed by atoms with van der Waals surface area (Å²) in [5.41, 5.74) is 6.30. The first-order valence-corrected chi connectivity index (χ1v) is 10.5. The molecule has 154 valence electrons. The van der Waals surface area contributed by atoms with Crippen molar-refractivity contribution in [2.75, 3.05) is 6.54 Å². The smallest absolute Gasteiger partial charge is 0.269 e. The van der Waals surface area contributed by atoms with E-state index in [0.717, 1.165) is 24.9 Å². The molecule has 1 atom stereocenters. The summed E-state index contributed by atoms with van der Waals surface area (Å²) in [6, 6.07) is 26.0. The molecule has 0 spiro atoms. The summed E-state index contributed by atoms with van der Waals surface area (Å²) in [6.45, 7) is 0.936. The van der Waals surface area contributed by atoms with Gasteiger partial charge in [0.15, 0.2) is 0 Å². The number of nitrogens with one attached hydrogen (secondary N) is 1. The summed E-state index contributed by atoms with van der Waals surface area (Å²) in [5, 5.41) is 12.2. The quantitative estimate of drug-likeness (QED) is 0.336. The van der Waals surface area contributed by atoms with Crippen molar-refractivity contribution in [1.29, 1.82) is 0 Å². The fourth-order valence-electron chi connectivity index (χ4n) is 4.49. The molecule has 5 rings (SSSR count). The number of H-pyrrole nitrogens is 1. The number of nitro benzene ring substituents is 1. The Bertz CT molecular complexity index is 1240. The molecule has 5 heteroatoms. The summed E-state index contributed by atoms with van der Waals surface area (Å²) in [7, 11) is 0. The van der Waals surface area contributed by atoms with Gasteiger partial charge in [-0.1, -0.05) is 66.7 Å². The number of allylic oxidation sites excluding steroid dienone is 1. The number of aromatic nitrogens is 1. The average Bonchev–Trinajstić information content (AvgIpc) is 3.18. The molecule has 0 bridgehead atoms. The lowest BCUT2D eigenvalue weighted by atomic mass is 9.92. The second kappa shape index (κ2) is 8.11. The molecule has 0 amide bonds. The Labute approximate surface area is 180 Å². The maximum atomic E-state index is 10.9. The molecule has 0 aliphatic carbocycles. The van der Waals surface area contributed by atoms with Gasteiger partial charge in [0.25, 0.3) is 5.69 Å². The lowest BCUT2D eigenvalue weighted by Gasteiger charge is -2.35. The molecule has 3 aromatic carbocycles. The van der Waals surface area contributed by atoms with Gasteiger partial charge in [0.1, 0.15) is 0 Å². The summed E-state index contributed by atoms with van der Waals surface area (Å²) in [4.78, 5) is 16.6. The fourth-order valence-corrected chi connectivity index (χ4v) is 4.49. The highest BCUT2D eigenvalue weighted by atomic mass is 16.6. The van der Waals surface area contributed by atoms with Crippen molar-refractivity contribution in [3.8, 4) is 0 Å². The molecule has 5 nitrogen and oxygen atoms in total. The molecule has 2 heterocycles. The Morgan fingerprint density at radius 3 is 2.52 bits per heavy atom. The first-order chi connectivity index (χ1) is 15.2. The fraction of sp³-hybridized carbons (Fsp3) is 0.154. The predicted molar refractivity (Wildman–Crippen MR) is 123 cm³/mol. The van der Waals surface area contributed by atoms with Crippen LogP contribution in [0.5, 0.6) is 0 Å². The van der Waals surface area contributed by atoms with Gasteiger partial charge in [-0.3, -0.25) is 10.1 Å². The van der Waals surface area contributed by atoms with Gasteiger partial charge in [-0.2, -0.15) is 0 Å². The van der Waals surface area contributed by atoms with Crippen LogP contribution in [0.1, 0.15) is 28.4 Å². The van der Waals surface area contributed by atoms with Crippen molar-refractivity contribution in [3.05, 3.63) is 124 Å². The van der Waals surface area contributed by atoms with E-state index in [1.807, 2.05) is 18.2 Å². The zero-order valence-corrected chi connectivity index (χ0v) is 17.1. The van der Waals surface area contributed by atoms with Crippen LogP contribution in [0, 0.1) is 10.1 Å². The van der Waals surface area contributed by atoms with Crippen LogP contribution in [0.15, 0.2) is 91.1 Å². The van der Waals surface area contributed by atoms with Crippen molar-refractivity contribution in [2.45, 2.75) is 18.9 Å². The zero-order valence-electron chi connectivity index (χ0n) is 17.1. The number of rotatable bonds is 5. The van der Waals surface area contributed by atoms with Gasteiger partial charge in [0.05, 0.1) is 11.0 Å². The topological polar surface area (TPSA) is 62.2 Å². The maximum Gasteiger partial charge on any atom is 0.269 e. The van der Waals surface area contributed by atoms with E-state index in [1.54, 1.807) is 12.1 Å². The van der Waals surface area contributed by atoms with E-state index in [2.05, 4.69) is 70.7 Å². The van der Waals surface area contributed by atoms with E-state index in [9.17, 15) is 10.1 Å². The molecule has 31 heavy (non-hydrogen) atoms. The number of nitrogens with zero attached hydrogens (tertiary/aromatic N) is 2. The number of non-ortho nitro benzene ring substituents is 1. The second-order valence-corrected chi connectivity index (χ2v) is 7.88. The zero-order chi connectivity index (χ0) is 21.2. The van der Waals surface area contributed by atoms with Crippen molar-refractivity contribution in [2.24, 2.45) is 0 Å². The third-order valence-corrected chi connectivity index (χ3v) is 5.98. The second-order valence-electron chi connectivity index (χ2n) is 7.88. The lowest BCUT2D eigenvalue weighted by Crippen LogP contribution is -2.32. The Kier molecular flexibility index (Phi) is 5.00. The molecule has 0 radical (unpaired) electrons. The average molecular weight is 409 g/mol. The lowest BCUT2D eigenvalue weighted by molar-refractivity contribution is -0.384. The van der Waals surface area contributed by atoms with Gasteiger partial charge < -0.3 is 9.88 Å². The molecular formula is C26H23N3O2. The Morgan fingerprint density at radius 1 is 1.00 bits per heavy atom. The molecule has 1 aliphatic rings. The SMILES string of the molecule is O=[N+]([O-])c1ccc(CC=CN2CCc3c([nH]c4ccccc34)C2c2ccccc2)cc1. The van der Waals surface area contributed by atoms with Crippen LogP contribution >= 0.6 is 0 Å². The molecule has 1 N–H and O–H groups in total. The number of hydrogen-bond acceptors (Lipinski definition) is 3. The minimum Gasteiger partial charge on any atom is -0.365 e. The van der Waals surface area contributed by atoms with E-state index in [-0.39, 0.29) is 16.7 Å². The normalized spacial score (nSPS) is 16.0. The third-order valence-electron chi connectivity index (χ3n) is 5.98. The number of benzene rings is 3. The molecule has 0 fully saturated rings. The molecular weight excluding hydrogens is 386 g/mol. The highest BCUT2D eigenvalue weighted by Crippen LogP contribution is 2.38. The van der Waals surface area contributed by atoms with Gasteiger partial charge in [-0.05, 0) is 41.8 Å². The van der Waals surface area contributed by atoms with Crippen molar-refractivity contribution < 1.29 is 4.92 Å². The van der Waals surface area contributed by atoms with Crippen molar-refractivity contribution >= 4 is 16.6 Å². The van der Waals surface area contributed by atoms with E-state index < -0.39 is 0 Å². The number of para-hydroxylation sites is 1. The van der Waals surface area contributed by atoms with E-state index in [4.69, 9.17) is 0 Å². The summed E-state index contributed by atoms with van der Waals surface area (Å²) in [5.74, 6) is 0. The molecule has 1 unspecified atom stereocenters. The van der Waals surface area contributed by atoms with Gasteiger partial charge >= 0.3 is 0 Å². The predicted octanol–water partition coefficient (Wildman–Crippen LogP) is 5.78. The number of nitro groups is 1. The maximum absolute atomic E-state index is 10.9. The number of hydrogen-bond donors (Lipinski definition) is 1. The minimum absolute atomic E-state index is 0.124. The van der Waals surface area contributed by atoms with Crippen LogP contribution in [0.25, 0.3) is 10.9 Å². The monoisotopic (exact) mass is 409 g/mol. The first kappa shape index (κ1) is 19.1. The number of aromatic amines is 1. The van der Waals surface area contributed by atoms with Gasteiger partial charge in [-0.15, -0.1) is 0 Å². The summed E-state index contributed by atoms with van der Waals surface area (Å²) < 4.78 is 0.